The molecule has 3 atom stereocenters. The lowest BCUT2D eigenvalue weighted by Crippen LogP contribution is -2.49. The number of hydrogen-bond donors (Lipinski definition) is 4. The Labute approximate surface area is 239 Å². The van der Waals surface area contributed by atoms with Crippen LogP contribution in [0.5, 0.6) is 17.2 Å². The van der Waals surface area contributed by atoms with Gasteiger partial charge in [0.05, 0.1) is 24.3 Å². The molecular formula is C32H36N2O7. The van der Waals surface area contributed by atoms with Crippen molar-refractivity contribution in [1.82, 2.24) is 10.6 Å². The fraction of sp³-hybridized carbons (Fsp3) is 0.344. The van der Waals surface area contributed by atoms with Gasteiger partial charge in [-0.15, -0.1) is 0 Å². The van der Waals surface area contributed by atoms with Crippen molar-refractivity contribution in [3.8, 4) is 17.2 Å². The van der Waals surface area contributed by atoms with Crippen molar-refractivity contribution in [3.05, 3.63) is 88.5 Å². The van der Waals surface area contributed by atoms with Gasteiger partial charge in [-0.25, -0.2) is 4.79 Å². The van der Waals surface area contributed by atoms with E-state index in [1.54, 1.807) is 18.2 Å². The summed E-state index contributed by atoms with van der Waals surface area (Å²) in [6, 6.07) is 14.8. The fourth-order valence-electron chi connectivity index (χ4n) is 4.81. The minimum absolute atomic E-state index is 0.0918. The number of aromatic hydroxyl groups is 2. The van der Waals surface area contributed by atoms with Crippen LogP contribution in [-0.2, 0) is 4.74 Å². The predicted octanol–water partition coefficient (Wildman–Crippen LogP) is 4.56. The number of carbonyl (C=O) groups excluding carboxylic acids is 3. The molecule has 0 spiro atoms. The van der Waals surface area contributed by atoms with E-state index in [0.29, 0.717) is 35.4 Å². The first kappa shape index (κ1) is 29.6. The predicted molar refractivity (Wildman–Crippen MR) is 154 cm³/mol. The molecule has 1 amide bonds. The molecule has 0 aliphatic carbocycles. The van der Waals surface area contributed by atoms with Gasteiger partial charge >= 0.3 is 5.97 Å². The van der Waals surface area contributed by atoms with Crippen LogP contribution < -0.4 is 15.4 Å². The maximum atomic E-state index is 13.2. The van der Waals surface area contributed by atoms with Crippen molar-refractivity contribution in [3.63, 3.8) is 0 Å². The van der Waals surface area contributed by atoms with Gasteiger partial charge in [-0.05, 0) is 85.8 Å². The second-order valence-electron chi connectivity index (χ2n) is 10.2. The number of amides is 1. The molecule has 216 valence electrons. The molecule has 1 saturated heterocycles. The number of benzene rings is 3. The van der Waals surface area contributed by atoms with Gasteiger partial charge in [-0.1, -0.05) is 26.0 Å². The maximum absolute atomic E-state index is 13.2. The highest BCUT2D eigenvalue weighted by Crippen LogP contribution is 2.29. The van der Waals surface area contributed by atoms with Gasteiger partial charge in [0.1, 0.15) is 23.4 Å². The molecule has 0 saturated carbocycles. The van der Waals surface area contributed by atoms with Gasteiger partial charge in [0.25, 0.3) is 5.91 Å². The molecule has 4 rings (SSSR count). The van der Waals surface area contributed by atoms with Gasteiger partial charge in [0, 0.05) is 17.7 Å². The Hall–Kier alpha value is -4.37. The molecule has 1 aliphatic rings. The first-order valence-electron chi connectivity index (χ1n) is 13.8. The monoisotopic (exact) mass is 560 g/mol. The first-order valence-corrected chi connectivity index (χ1v) is 13.8. The second kappa shape index (κ2) is 13.3. The number of rotatable bonds is 9. The van der Waals surface area contributed by atoms with Crippen LogP contribution in [0.4, 0.5) is 0 Å². The Morgan fingerprint density at radius 1 is 0.976 bits per heavy atom. The molecule has 41 heavy (non-hydrogen) atoms. The second-order valence-corrected chi connectivity index (χ2v) is 10.2. The largest absolute Gasteiger partial charge is 0.508 e. The average Bonchev–Trinajstić information content (AvgIpc) is 3.21. The number of hydrogen-bond acceptors (Lipinski definition) is 8. The van der Waals surface area contributed by atoms with Crippen molar-refractivity contribution in [2.24, 2.45) is 0 Å². The maximum Gasteiger partial charge on any atom is 0.338 e. The molecule has 1 fully saturated rings. The van der Waals surface area contributed by atoms with E-state index in [2.05, 4.69) is 10.6 Å². The van der Waals surface area contributed by atoms with E-state index >= 15 is 0 Å². The van der Waals surface area contributed by atoms with Crippen molar-refractivity contribution in [2.75, 3.05) is 20.2 Å². The van der Waals surface area contributed by atoms with Gasteiger partial charge in [0.2, 0.25) is 0 Å². The summed E-state index contributed by atoms with van der Waals surface area (Å²) in [6.45, 7) is 5.17. The highest BCUT2D eigenvalue weighted by atomic mass is 16.5. The zero-order chi connectivity index (χ0) is 29.5. The molecule has 3 aromatic rings. The number of ketones is 1. The summed E-state index contributed by atoms with van der Waals surface area (Å²) in [5.74, 6) is -0.767. The standard InChI is InChI=1S/C32H36N2O7/c1-4-19(2)24-16-22(11-13-27(24)35)31(38)34-26-18-33-15-5-6-29(26)41-32(39)21-9-7-20(8-10-21)30(37)25-17-23(40-3)12-14-28(25)36/h7-14,16-17,19,26,29,33,35-36H,4-6,15,18H2,1-3H3,(H,34,38)/t19-,26+,29-/m1/s1. The number of phenolic OH excluding ortho intramolecular Hbond substituents is 2. The number of ether oxygens (including phenoxy) is 2. The first-order chi connectivity index (χ1) is 19.7. The van der Waals surface area contributed by atoms with Gasteiger partial charge < -0.3 is 30.3 Å². The zero-order valence-electron chi connectivity index (χ0n) is 23.5. The Kier molecular flexibility index (Phi) is 9.62. The van der Waals surface area contributed by atoms with E-state index < -0.39 is 23.9 Å². The topological polar surface area (TPSA) is 134 Å². The van der Waals surface area contributed by atoms with Gasteiger partial charge in [-0.2, -0.15) is 0 Å². The average molecular weight is 561 g/mol. The van der Waals surface area contributed by atoms with Crippen LogP contribution in [-0.4, -0.2) is 60.2 Å². The lowest BCUT2D eigenvalue weighted by atomic mass is 9.95. The molecule has 0 bridgehead atoms. The summed E-state index contributed by atoms with van der Waals surface area (Å²) in [6.07, 6.45) is 1.58. The molecule has 1 aliphatic heterocycles. The summed E-state index contributed by atoms with van der Waals surface area (Å²) >= 11 is 0. The quantitative estimate of drug-likeness (QED) is 0.221. The number of phenols is 2. The fourth-order valence-corrected chi connectivity index (χ4v) is 4.81. The van der Waals surface area contributed by atoms with Crippen LogP contribution in [0.2, 0.25) is 0 Å². The lowest BCUT2D eigenvalue weighted by Gasteiger charge is -2.26. The summed E-state index contributed by atoms with van der Waals surface area (Å²) in [5, 5.41) is 26.7. The van der Waals surface area contributed by atoms with E-state index in [1.807, 2.05) is 13.8 Å². The van der Waals surface area contributed by atoms with Gasteiger partial charge in [0.15, 0.2) is 5.78 Å². The minimum Gasteiger partial charge on any atom is -0.508 e. The number of methoxy groups -OCH3 is 1. The molecule has 9 heteroatoms. The lowest BCUT2D eigenvalue weighted by molar-refractivity contribution is 0.0192. The van der Waals surface area contributed by atoms with Crippen LogP contribution in [0.25, 0.3) is 0 Å². The number of carbonyl (C=O) groups is 3. The molecule has 9 nitrogen and oxygen atoms in total. The van der Waals surface area contributed by atoms with Crippen molar-refractivity contribution in [2.45, 2.75) is 51.2 Å². The molecule has 0 unspecified atom stereocenters. The van der Waals surface area contributed by atoms with Crippen molar-refractivity contribution in [1.29, 1.82) is 0 Å². The smallest absolute Gasteiger partial charge is 0.338 e. The van der Waals surface area contributed by atoms with Crippen molar-refractivity contribution >= 4 is 17.7 Å². The Morgan fingerprint density at radius 2 is 1.66 bits per heavy atom. The highest BCUT2D eigenvalue weighted by Gasteiger charge is 2.29. The van der Waals surface area contributed by atoms with Crippen LogP contribution in [0.15, 0.2) is 60.7 Å². The summed E-state index contributed by atoms with van der Waals surface area (Å²) in [5.41, 5.74) is 1.78. The third-order valence-electron chi connectivity index (χ3n) is 7.49. The van der Waals surface area contributed by atoms with E-state index in [1.165, 1.54) is 49.6 Å². The number of nitrogens with one attached hydrogen (secondary N) is 2. The van der Waals surface area contributed by atoms with E-state index in [4.69, 9.17) is 9.47 Å². The molecule has 1 heterocycles. The number of esters is 1. The summed E-state index contributed by atoms with van der Waals surface area (Å²) < 4.78 is 11.0. The Bertz CT molecular complexity index is 1400. The SMILES string of the molecule is CC[C@@H](C)c1cc(C(=O)N[C@H]2CNCCC[C@H]2OC(=O)c2ccc(C(=O)c3cc(OC)ccc3O)cc2)ccc1O. The summed E-state index contributed by atoms with van der Waals surface area (Å²) in [7, 11) is 1.47. The van der Waals surface area contributed by atoms with E-state index in [-0.39, 0.29) is 34.5 Å². The third kappa shape index (κ3) is 7.05. The highest BCUT2D eigenvalue weighted by molar-refractivity contribution is 6.11. The Balaban J connectivity index is 1.46. The third-order valence-corrected chi connectivity index (χ3v) is 7.49. The van der Waals surface area contributed by atoms with Crippen LogP contribution in [0.3, 0.4) is 0 Å². The van der Waals surface area contributed by atoms with Crippen molar-refractivity contribution < 1.29 is 34.1 Å². The molecule has 0 radical (unpaired) electrons. The molecule has 3 aromatic carbocycles. The summed E-state index contributed by atoms with van der Waals surface area (Å²) in [4.78, 5) is 39.2. The molecule has 0 aromatic heterocycles. The zero-order valence-corrected chi connectivity index (χ0v) is 23.5. The van der Waals surface area contributed by atoms with E-state index in [0.717, 1.165) is 19.4 Å². The molecular weight excluding hydrogens is 524 g/mol. The van der Waals surface area contributed by atoms with E-state index in [9.17, 15) is 24.6 Å². The van der Waals surface area contributed by atoms with Crippen LogP contribution >= 0.6 is 0 Å². The van der Waals surface area contributed by atoms with Gasteiger partial charge in [-0.3, -0.25) is 9.59 Å². The molecule has 4 N–H and O–H groups in total. The Morgan fingerprint density at radius 3 is 2.37 bits per heavy atom. The minimum atomic E-state index is -0.567. The van der Waals surface area contributed by atoms with Crippen LogP contribution in [0.1, 0.15) is 81.2 Å². The normalized spacial score (nSPS) is 17.6. The van der Waals surface area contributed by atoms with Crippen LogP contribution in [0, 0.1) is 0 Å².